The molecule has 7 heteroatoms. The molecular weight excluding hydrogens is 385 g/mol. The Kier molecular flexibility index (Phi) is 5.68. The van der Waals surface area contributed by atoms with Crippen LogP contribution in [0.5, 0.6) is 0 Å². The summed E-state index contributed by atoms with van der Waals surface area (Å²) in [6.07, 6.45) is 0. The molecule has 0 spiro atoms. The van der Waals surface area contributed by atoms with Gasteiger partial charge in [-0.1, -0.05) is 24.3 Å². The van der Waals surface area contributed by atoms with Gasteiger partial charge >= 0.3 is 5.97 Å². The molecule has 4 rings (SSSR count). The molecule has 1 aliphatic heterocycles. The minimum Gasteiger partial charge on any atom is -0.462 e. The molecule has 0 bridgehead atoms. The van der Waals surface area contributed by atoms with Gasteiger partial charge in [0.2, 0.25) is 0 Å². The molecule has 6 nitrogen and oxygen atoms in total. The van der Waals surface area contributed by atoms with Crippen LogP contribution in [0.4, 0.5) is 10.1 Å². The molecule has 1 fully saturated rings. The van der Waals surface area contributed by atoms with Crippen molar-refractivity contribution >= 4 is 22.6 Å². The van der Waals surface area contributed by atoms with E-state index in [1.807, 2.05) is 35.2 Å². The number of carbonyl (C=O) groups excluding carboxylic acids is 1. The molecule has 0 amide bonds. The Bertz CT molecular complexity index is 1110. The summed E-state index contributed by atoms with van der Waals surface area (Å²) < 4.78 is 25.2. The third-order valence-corrected chi connectivity index (χ3v) is 5.33. The van der Waals surface area contributed by atoms with Crippen molar-refractivity contribution in [1.29, 1.82) is 5.26 Å². The number of fused-ring (bicyclic) bond motifs is 1. The summed E-state index contributed by atoms with van der Waals surface area (Å²) in [7, 11) is 0. The van der Waals surface area contributed by atoms with E-state index in [0.717, 1.165) is 5.39 Å². The number of furan rings is 1. The SMILES string of the molecule is CCOC(=O)c1c(CN2CCN(c3cccc(F)c3C#N)CC2)oc2ccccc12. The molecule has 0 radical (unpaired) electrons. The number of benzene rings is 2. The Hall–Kier alpha value is -3.37. The van der Waals surface area contributed by atoms with E-state index < -0.39 is 5.82 Å². The highest BCUT2D eigenvalue weighted by atomic mass is 19.1. The first-order valence-corrected chi connectivity index (χ1v) is 9.95. The minimum atomic E-state index is -0.501. The number of carbonyl (C=O) groups is 1. The number of esters is 1. The van der Waals surface area contributed by atoms with Gasteiger partial charge in [-0.05, 0) is 25.1 Å². The molecule has 0 aliphatic carbocycles. The van der Waals surface area contributed by atoms with Gasteiger partial charge in [0, 0.05) is 31.6 Å². The fourth-order valence-corrected chi connectivity index (χ4v) is 3.87. The predicted molar refractivity (Wildman–Crippen MR) is 111 cm³/mol. The molecule has 1 saturated heterocycles. The quantitative estimate of drug-likeness (QED) is 0.597. The number of rotatable bonds is 5. The lowest BCUT2D eigenvalue weighted by molar-refractivity contribution is 0.0524. The van der Waals surface area contributed by atoms with Crippen LogP contribution in [0.25, 0.3) is 11.0 Å². The Morgan fingerprint density at radius 3 is 2.67 bits per heavy atom. The van der Waals surface area contributed by atoms with Crippen LogP contribution >= 0.6 is 0 Å². The average Bonchev–Trinajstić information content (AvgIpc) is 3.12. The molecule has 154 valence electrons. The third-order valence-electron chi connectivity index (χ3n) is 5.33. The molecule has 0 atom stereocenters. The van der Waals surface area contributed by atoms with Gasteiger partial charge in [0.15, 0.2) is 0 Å². The van der Waals surface area contributed by atoms with Crippen LogP contribution in [0, 0.1) is 17.1 Å². The van der Waals surface area contributed by atoms with Crippen molar-refractivity contribution in [1.82, 2.24) is 4.90 Å². The second kappa shape index (κ2) is 8.56. The fourth-order valence-electron chi connectivity index (χ4n) is 3.87. The van der Waals surface area contributed by atoms with E-state index in [1.54, 1.807) is 19.1 Å². The minimum absolute atomic E-state index is 0.0767. The Morgan fingerprint density at radius 2 is 1.93 bits per heavy atom. The van der Waals surface area contributed by atoms with Crippen LogP contribution in [0.2, 0.25) is 0 Å². The maximum absolute atomic E-state index is 13.9. The van der Waals surface area contributed by atoms with Crippen molar-refractivity contribution in [3.63, 3.8) is 0 Å². The number of nitriles is 1. The van der Waals surface area contributed by atoms with Crippen molar-refractivity contribution in [2.75, 3.05) is 37.7 Å². The van der Waals surface area contributed by atoms with Crippen molar-refractivity contribution in [2.45, 2.75) is 13.5 Å². The van der Waals surface area contributed by atoms with Gasteiger partial charge in [0.05, 0.1) is 18.8 Å². The zero-order chi connectivity index (χ0) is 21.1. The largest absolute Gasteiger partial charge is 0.462 e. The number of halogens is 1. The number of hydrogen-bond acceptors (Lipinski definition) is 6. The molecule has 0 N–H and O–H groups in total. The summed E-state index contributed by atoms with van der Waals surface area (Å²) in [4.78, 5) is 16.7. The number of ether oxygens (including phenoxy) is 1. The summed E-state index contributed by atoms with van der Waals surface area (Å²) in [6.45, 7) is 5.23. The van der Waals surface area contributed by atoms with Crippen molar-refractivity contribution < 1.29 is 18.3 Å². The first-order valence-electron chi connectivity index (χ1n) is 9.95. The van der Waals surface area contributed by atoms with Crippen LogP contribution in [-0.4, -0.2) is 43.7 Å². The van der Waals surface area contributed by atoms with Crippen LogP contribution in [-0.2, 0) is 11.3 Å². The van der Waals surface area contributed by atoms with Gasteiger partial charge < -0.3 is 14.1 Å². The van der Waals surface area contributed by atoms with E-state index in [2.05, 4.69) is 4.90 Å². The van der Waals surface area contributed by atoms with Gasteiger partial charge in [-0.3, -0.25) is 4.90 Å². The first kappa shape index (κ1) is 19.9. The molecular formula is C23H22FN3O3. The highest BCUT2D eigenvalue weighted by molar-refractivity contribution is 6.04. The molecule has 2 heterocycles. The van der Waals surface area contributed by atoms with Gasteiger partial charge in [-0.15, -0.1) is 0 Å². The van der Waals surface area contributed by atoms with E-state index >= 15 is 0 Å². The van der Waals surface area contributed by atoms with Gasteiger partial charge in [-0.25, -0.2) is 9.18 Å². The maximum Gasteiger partial charge on any atom is 0.342 e. The molecule has 30 heavy (non-hydrogen) atoms. The molecule has 2 aromatic carbocycles. The van der Waals surface area contributed by atoms with E-state index in [9.17, 15) is 14.4 Å². The maximum atomic E-state index is 13.9. The third kappa shape index (κ3) is 3.74. The normalized spacial score (nSPS) is 14.6. The number of piperazine rings is 1. The zero-order valence-corrected chi connectivity index (χ0v) is 16.7. The van der Waals surface area contributed by atoms with Gasteiger partial charge in [0.1, 0.15) is 34.4 Å². The van der Waals surface area contributed by atoms with E-state index in [4.69, 9.17) is 9.15 Å². The molecule has 1 aliphatic rings. The van der Waals surface area contributed by atoms with Crippen molar-refractivity contribution in [3.8, 4) is 6.07 Å². The van der Waals surface area contributed by atoms with Crippen LogP contribution in [0.3, 0.4) is 0 Å². The number of para-hydroxylation sites is 1. The lowest BCUT2D eigenvalue weighted by atomic mass is 10.1. The Balaban J connectivity index is 1.52. The standard InChI is InChI=1S/C23H22FN3O3/c1-2-29-23(28)22-16-6-3-4-9-20(16)30-21(22)15-26-10-12-27(13-11-26)19-8-5-7-18(24)17(19)14-25/h3-9H,2,10-13,15H2,1H3. The summed E-state index contributed by atoms with van der Waals surface area (Å²) in [6, 6.07) is 14.1. The van der Waals surface area contributed by atoms with Crippen LogP contribution in [0.1, 0.15) is 28.6 Å². The van der Waals surface area contributed by atoms with Crippen molar-refractivity contribution in [2.24, 2.45) is 0 Å². The topological polar surface area (TPSA) is 69.7 Å². The smallest absolute Gasteiger partial charge is 0.342 e. The van der Waals surface area contributed by atoms with Gasteiger partial charge in [-0.2, -0.15) is 5.26 Å². The van der Waals surface area contributed by atoms with E-state index in [1.165, 1.54) is 6.07 Å². The molecule has 0 saturated carbocycles. The summed E-state index contributed by atoms with van der Waals surface area (Å²) in [5.41, 5.74) is 1.83. The zero-order valence-electron chi connectivity index (χ0n) is 16.7. The lowest BCUT2D eigenvalue weighted by Gasteiger charge is -2.36. The summed E-state index contributed by atoms with van der Waals surface area (Å²) in [5.74, 6) is -0.292. The van der Waals surface area contributed by atoms with E-state index in [0.29, 0.717) is 61.9 Å². The average molecular weight is 407 g/mol. The number of hydrogen-bond donors (Lipinski definition) is 0. The van der Waals surface area contributed by atoms with Gasteiger partial charge in [0.25, 0.3) is 0 Å². The van der Waals surface area contributed by atoms with Crippen molar-refractivity contribution in [3.05, 3.63) is 65.2 Å². The molecule has 1 aromatic heterocycles. The fraction of sp³-hybridized carbons (Fsp3) is 0.304. The highest BCUT2D eigenvalue weighted by Crippen LogP contribution is 2.29. The summed E-state index contributed by atoms with van der Waals surface area (Å²) in [5, 5.41) is 10.0. The lowest BCUT2D eigenvalue weighted by Crippen LogP contribution is -2.46. The predicted octanol–water partition coefficient (Wildman–Crippen LogP) is 3.94. The number of anilines is 1. The van der Waals surface area contributed by atoms with E-state index in [-0.39, 0.29) is 11.5 Å². The summed E-state index contributed by atoms with van der Waals surface area (Å²) >= 11 is 0. The Morgan fingerprint density at radius 1 is 1.17 bits per heavy atom. The van der Waals surface area contributed by atoms with Crippen LogP contribution in [0.15, 0.2) is 46.9 Å². The monoisotopic (exact) mass is 407 g/mol. The first-order chi connectivity index (χ1) is 14.6. The second-order valence-corrected chi connectivity index (χ2v) is 7.13. The number of nitrogens with zero attached hydrogens (tertiary/aromatic N) is 3. The molecule has 0 unspecified atom stereocenters. The van der Waals surface area contributed by atoms with Crippen LogP contribution < -0.4 is 4.90 Å². The Labute approximate surface area is 174 Å². The molecule has 3 aromatic rings. The second-order valence-electron chi connectivity index (χ2n) is 7.13. The highest BCUT2D eigenvalue weighted by Gasteiger charge is 2.26.